The lowest BCUT2D eigenvalue weighted by Crippen LogP contribution is -2.14. The first-order valence-corrected chi connectivity index (χ1v) is 10.1. The maximum Gasteiger partial charge on any atom is 0.250 e. The van der Waals surface area contributed by atoms with Crippen molar-refractivity contribution >= 4 is 40.6 Å². The van der Waals surface area contributed by atoms with Crippen LogP contribution in [0.5, 0.6) is 0 Å². The van der Waals surface area contributed by atoms with Crippen LogP contribution >= 0.6 is 11.6 Å². The van der Waals surface area contributed by atoms with Crippen LogP contribution in [-0.4, -0.2) is 15.9 Å². The zero-order chi connectivity index (χ0) is 21.1. The van der Waals surface area contributed by atoms with E-state index in [1.165, 1.54) is 48.7 Å². The van der Waals surface area contributed by atoms with Gasteiger partial charge in [-0.3, -0.25) is 4.79 Å². The third-order valence-corrected chi connectivity index (χ3v) is 5.38. The normalized spacial score (nSPS) is 13.3. The van der Waals surface area contributed by atoms with Crippen molar-refractivity contribution in [3.63, 3.8) is 0 Å². The Hall–Kier alpha value is -3.19. The quantitative estimate of drug-likeness (QED) is 0.493. The van der Waals surface area contributed by atoms with Gasteiger partial charge < -0.3 is 16.4 Å². The van der Waals surface area contributed by atoms with Crippen molar-refractivity contribution in [2.24, 2.45) is 5.73 Å². The molecule has 8 heteroatoms. The van der Waals surface area contributed by atoms with Crippen molar-refractivity contribution < 1.29 is 9.18 Å². The average Bonchev–Trinajstić information content (AvgIpc) is 2.96. The number of hydrogen-bond acceptors (Lipinski definition) is 5. The van der Waals surface area contributed by atoms with E-state index < -0.39 is 11.7 Å². The van der Waals surface area contributed by atoms with Gasteiger partial charge >= 0.3 is 0 Å². The fourth-order valence-corrected chi connectivity index (χ4v) is 3.73. The smallest absolute Gasteiger partial charge is 0.250 e. The summed E-state index contributed by atoms with van der Waals surface area (Å²) in [5, 5.41) is 6.40. The maximum absolute atomic E-state index is 13.5. The molecule has 1 aromatic heterocycles. The summed E-state index contributed by atoms with van der Waals surface area (Å²) < 4.78 is 13.5. The van der Waals surface area contributed by atoms with E-state index in [1.54, 1.807) is 0 Å². The molecule has 3 aromatic rings. The summed E-state index contributed by atoms with van der Waals surface area (Å²) in [4.78, 5) is 20.3. The lowest BCUT2D eigenvalue weighted by Gasteiger charge is -2.13. The summed E-state index contributed by atoms with van der Waals surface area (Å²) in [5.41, 5.74) is 9.30. The number of carbonyl (C=O) groups is 1. The Balaban J connectivity index is 1.59. The fourth-order valence-electron chi connectivity index (χ4n) is 3.59. The molecule has 0 unspecified atom stereocenters. The second kappa shape index (κ2) is 8.67. The topological polar surface area (TPSA) is 92.9 Å². The van der Waals surface area contributed by atoms with Crippen LogP contribution in [0.1, 0.15) is 40.7 Å². The summed E-state index contributed by atoms with van der Waals surface area (Å²) in [6.07, 6.45) is 7.31. The molecule has 1 aliphatic carbocycles. The monoisotopic (exact) mass is 425 g/mol. The SMILES string of the molecule is NC(=O)c1cc(F)ccc1Nc1nc(Nc2ccc3c(c2)CCCCC3)ncc1Cl. The minimum Gasteiger partial charge on any atom is -0.366 e. The lowest BCUT2D eigenvalue weighted by molar-refractivity contribution is 0.100. The number of nitrogens with zero attached hydrogens (tertiary/aromatic N) is 2. The van der Waals surface area contributed by atoms with Crippen LogP contribution in [0.15, 0.2) is 42.6 Å². The van der Waals surface area contributed by atoms with Gasteiger partial charge in [0.15, 0.2) is 5.82 Å². The van der Waals surface area contributed by atoms with Gasteiger partial charge in [0, 0.05) is 5.69 Å². The van der Waals surface area contributed by atoms with Crippen LogP contribution in [0.2, 0.25) is 5.02 Å². The third-order valence-electron chi connectivity index (χ3n) is 5.10. The van der Waals surface area contributed by atoms with Crippen LogP contribution < -0.4 is 16.4 Å². The molecule has 0 saturated carbocycles. The summed E-state index contributed by atoms with van der Waals surface area (Å²) in [6.45, 7) is 0. The Morgan fingerprint density at radius 3 is 2.63 bits per heavy atom. The van der Waals surface area contributed by atoms with Crippen molar-refractivity contribution in [3.8, 4) is 0 Å². The number of nitrogens with one attached hydrogen (secondary N) is 2. The number of primary amides is 1. The summed E-state index contributed by atoms with van der Waals surface area (Å²) in [6, 6.07) is 9.99. The van der Waals surface area contributed by atoms with Crippen LogP contribution in [0.4, 0.5) is 27.5 Å². The Morgan fingerprint density at radius 2 is 1.83 bits per heavy atom. The van der Waals surface area contributed by atoms with Gasteiger partial charge in [-0.2, -0.15) is 4.98 Å². The van der Waals surface area contributed by atoms with Crippen molar-refractivity contribution in [1.82, 2.24) is 9.97 Å². The van der Waals surface area contributed by atoms with Gasteiger partial charge in [-0.1, -0.05) is 24.1 Å². The van der Waals surface area contributed by atoms with E-state index in [-0.39, 0.29) is 16.4 Å². The minimum absolute atomic E-state index is 0.00457. The lowest BCUT2D eigenvalue weighted by atomic mass is 10.0. The second-order valence-corrected chi connectivity index (χ2v) is 7.65. The maximum atomic E-state index is 13.5. The molecular weight excluding hydrogens is 405 g/mol. The highest BCUT2D eigenvalue weighted by Crippen LogP contribution is 2.28. The van der Waals surface area contributed by atoms with E-state index in [1.807, 2.05) is 6.07 Å². The van der Waals surface area contributed by atoms with Crippen LogP contribution in [0.25, 0.3) is 0 Å². The van der Waals surface area contributed by atoms with E-state index in [0.29, 0.717) is 11.6 Å². The highest BCUT2D eigenvalue weighted by Gasteiger charge is 2.14. The molecule has 1 amide bonds. The number of benzene rings is 2. The molecule has 2 aromatic carbocycles. The van der Waals surface area contributed by atoms with Crippen molar-refractivity contribution in [3.05, 3.63) is 70.1 Å². The number of carbonyl (C=O) groups excluding carboxylic acids is 1. The van der Waals surface area contributed by atoms with Crippen LogP contribution in [-0.2, 0) is 12.8 Å². The van der Waals surface area contributed by atoms with Gasteiger partial charge in [0.25, 0.3) is 5.91 Å². The number of rotatable bonds is 5. The Kier molecular flexibility index (Phi) is 5.81. The molecular formula is C22H21ClFN5O. The molecule has 0 aliphatic heterocycles. The van der Waals surface area contributed by atoms with Gasteiger partial charge in [-0.05, 0) is 67.1 Å². The molecule has 0 fully saturated rings. The highest BCUT2D eigenvalue weighted by atomic mass is 35.5. The largest absolute Gasteiger partial charge is 0.366 e. The number of amides is 1. The van der Waals surface area contributed by atoms with Gasteiger partial charge in [-0.15, -0.1) is 0 Å². The Labute approximate surface area is 178 Å². The van der Waals surface area contributed by atoms with E-state index in [0.717, 1.165) is 24.6 Å². The molecule has 0 spiro atoms. The van der Waals surface area contributed by atoms with Gasteiger partial charge in [-0.25, -0.2) is 9.37 Å². The first-order chi connectivity index (χ1) is 14.5. The molecule has 0 bridgehead atoms. The summed E-state index contributed by atoms with van der Waals surface area (Å²) in [7, 11) is 0. The van der Waals surface area contributed by atoms with Crippen molar-refractivity contribution in [1.29, 1.82) is 0 Å². The van der Waals surface area contributed by atoms with Gasteiger partial charge in [0.05, 0.1) is 17.4 Å². The molecule has 1 aliphatic rings. The van der Waals surface area contributed by atoms with E-state index in [9.17, 15) is 9.18 Å². The molecule has 0 radical (unpaired) electrons. The molecule has 6 nitrogen and oxygen atoms in total. The molecule has 154 valence electrons. The fraction of sp³-hybridized carbons (Fsp3) is 0.227. The third kappa shape index (κ3) is 4.52. The van der Waals surface area contributed by atoms with Gasteiger partial charge in [0.1, 0.15) is 10.8 Å². The van der Waals surface area contributed by atoms with Crippen molar-refractivity contribution in [2.45, 2.75) is 32.1 Å². The zero-order valence-corrected chi connectivity index (χ0v) is 17.0. The first-order valence-electron chi connectivity index (χ1n) is 9.77. The average molecular weight is 426 g/mol. The number of halogens is 2. The number of nitrogens with two attached hydrogens (primary N) is 1. The molecule has 30 heavy (non-hydrogen) atoms. The summed E-state index contributed by atoms with van der Waals surface area (Å²) >= 11 is 6.22. The van der Waals surface area contributed by atoms with Crippen LogP contribution in [0.3, 0.4) is 0 Å². The summed E-state index contributed by atoms with van der Waals surface area (Å²) in [5.74, 6) is -0.699. The number of aryl methyl sites for hydroxylation is 2. The predicted octanol–water partition coefficient (Wildman–Crippen LogP) is 5.12. The second-order valence-electron chi connectivity index (χ2n) is 7.24. The van der Waals surface area contributed by atoms with E-state index in [4.69, 9.17) is 17.3 Å². The van der Waals surface area contributed by atoms with Crippen LogP contribution in [0, 0.1) is 5.82 Å². The highest BCUT2D eigenvalue weighted by molar-refractivity contribution is 6.33. The number of aromatic nitrogens is 2. The zero-order valence-electron chi connectivity index (χ0n) is 16.2. The van der Waals surface area contributed by atoms with Gasteiger partial charge in [0.2, 0.25) is 5.95 Å². The minimum atomic E-state index is -0.759. The molecule has 0 saturated heterocycles. The van der Waals surface area contributed by atoms with Crippen molar-refractivity contribution in [2.75, 3.05) is 10.6 Å². The number of fused-ring (bicyclic) bond motifs is 1. The molecule has 1 heterocycles. The number of anilines is 4. The molecule has 4 N–H and O–H groups in total. The molecule has 4 rings (SSSR count). The Bertz CT molecular complexity index is 1100. The molecule has 0 atom stereocenters. The first kappa shape index (κ1) is 20.1. The van der Waals surface area contributed by atoms with E-state index in [2.05, 4.69) is 32.7 Å². The van der Waals surface area contributed by atoms with E-state index >= 15 is 0 Å². The Morgan fingerprint density at radius 1 is 1.03 bits per heavy atom. The predicted molar refractivity (Wildman–Crippen MR) is 116 cm³/mol. The number of hydrogen-bond donors (Lipinski definition) is 3. The standard InChI is InChI=1S/C22H21ClFN5O/c23-18-12-26-22(27-16-8-6-13-4-2-1-3-5-14(13)10-16)29-21(18)28-19-9-7-15(24)11-17(19)20(25)30/h6-12H,1-5H2,(H2,25,30)(H2,26,27,28,29).